The highest BCUT2D eigenvalue weighted by atomic mass is 16.3. The van der Waals surface area contributed by atoms with Gasteiger partial charge >= 0.3 is 0 Å². The zero-order valence-corrected chi connectivity index (χ0v) is 19.6. The van der Waals surface area contributed by atoms with Crippen molar-refractivity contribution in [3.8, 4) is 0 Å². The Morgan fingerprint density at radius 2 is 1.54 bits per heavy atom. The molecule has 0 aromatic rings. The molecule has 1 N–H and O–H groups in total. The molecule has 1 nitrogen and oxygen atoms in total. The van der Waals surface area contributed by atoms with E-state index >= 15 is 0 Å². The molecule has 0 aromatic heterocycles. The lowest BCUT2D eigenvalue weighted by atomic mass is 9.44. The highest BCUT2D eigenvalue weighted by molar-refractivity contribution is 5.09. The largest absolute Gasteiger partial charge is 0.393 e. The van der Waals surface area contributed by atoms with Crippen molar-refractivity contribution in [1.82, 2.24) is 0 Å². The number of fused-ring (bicyclic) bond motifs is 5. The minimum absolute atomic E-state index is 0.0921. The maximum atomic E-state index is 10.6. The predicted octanol–water partition coefficient (Wildman–Crippen LogP) is 7.47. The van der Waals surface area contributed by atoms with E-state index in [1.54, 1.807) is 0 Å². The lowest BCUT2D eigenvalue weighted by Gasteiger charge is -2.61. The Balaban J connectivity index is 1.47. The van der Waals surface area contributed by atoms with E-state index in [1.807, 2.05) is 0 Å². The van der Waals surface area contributed by atoms with Crippen LogP contribution < -0.4 is 0 Å². The number of rotatable bonds is 5. The zero-order chi connectivity index (χ0) is 20.1. The molecule has 4 fully saturated rings. The van der Waals surface area contributed by atoms with Gasteiger partial charge in [0.1, 0.15) is 0 Å². The van der Waals surface area contributed by atoms with Crippen molar-refractivity contribution in [3.05, 3.63) is 0 Å². The highest BCUT2D eigenvalue weighted by Crippen LogP contribution is 2.68. The van der Waals surface area contributed by atoms with Gasteiger partial charge in [0, 0.05) is 0 Å². The molecule has 28 heavy (non-hydrogen) atoms. The molecule has 162 valence electrons. The molecule has 4 saturated carbocycles. The van der Waals surface area contributed by atoms with Crippen LogP contribution in [0, 0.1) is 52.3 Å². The first-order chi connectivity index (χ1) is 13.3. The van der Waals surface area contributed by atoms with Crippen molar-refractivity contribution in [3.63, 3.8) is 0 Å². The van der Waals surface area contributed by atoms with Gasteiger partial charge in [-0.05, 0) is 116 Å². The number of hydrogen-bond acceptors (Lipinski definition) is 1. The number of hydrogen-bond donors (Lipinski definition) is 1. The Morgan fingerprint density at radius 1 is 0.786 bits per heavy atom. The number of aliphatic hydroxyl groups is 1. The maximum Gasteiger partial charge on any atom is 0.0545 e. The Morgan fingerprint density at radius 3 is 2.29 bits per heavy atom. The van der Waals surface area contributed by atoms with Gasteiger partial charge in [0.05, 0.1) is 6.10 Å². The van der Waals surface area contributed by atoms with Gasteiger partial charge in [-0.2, -0.15) is 0 Å². The van der Waals surface area contributed by atoms with Gasteiger partial charge in [0.15, 0.2) is 0 Å². The van der Waals surface area contributed by atoms with E-state index < -0.39 is 0 Å². The summed E-state index contributed by atoms with van der Waals surface area (Å²) in [5.74, 6) is 6.17. The molecule has 9 atom stereocenters. The summed E-state index contributed by atoms with van der Waals surface area (Å²) in [6.45, 7) is 12.3. The summed E-state index contributed by atoms with van der Waals surface area (Å²) < 4.78 is 0. The first-order valence-corrected chi connectivity index (χ1v) is 12.9. The van der Waals surface area contributed by atoms with Crippen LogP contribution in [0.15, 0.2) is 0 Å². The molecule has 0 aliphatic heterocycles. The third-order valence-corrected chi connectivity index (χ3v) is 10.7. The lowest BCUT2D eigenvalue weighted by Crippen LogP contribution is -2.53. The van der Waals surface area contributed by atoms with E-state index in [0.717, 1.165) is 42.4 Å². The van der Waals surface area contributed by atoms with Crippen LogP contribution in [0.1, 0.15) is 112 Å². The van der Waals surface area contributed by atoms with Gasteiger partial charge in [-0.15, -0.1) is 0 Å². The molecule has 4 rings (SSSR count). The van der Waals surface area contributed by atoms with Crippen LogP contribution in [0.25, 0.3) is 0 Å². The van der Waals surface area contributed by atoms with Gasteiger partial charge in [-0.25, -0.2) is 0 Å². The van der Waals surface area contributed by atoms with Gasteiger partial charge in [-0.3, -0.25) is 0 Å². The topological polar surface area (TPSA) is 20.2 Å². The van der Waals surface area contributed by atoms with Gasteiger partial charge in [0.2, 0.25) is 0 Å². The quantitative estimate of drug-likeness (QED) is 0.518. The molecule has 4 aliphatic carbocycles. The summed E-state index contributed by atoms with van der Waals surface area (Å²) in [6.07, 6.45) is 16.9. The SMILES string of the molecule is CC(C)CC(O)C[C@@H](C)[C@H]1CC[C@H]2[C@@H]3CCC4CCCC[C@]4(C)[C@H]3CC[C@]12C. The Hall–Kier alpha value is -0.0400. The molecule has 0 spiro atoms. The summed E-state index contributed by atoms with van der Waals surface area (Å²) >= 11 is 0. The Labute approximate surface area is 175 Å². The van der Waals surface area contributed by atoms with E-state index in [9.17, 15) is 5.11 Å². The summed E-state index contributed by atoms with van der Waals surface area (Å²) in [5, 5.41) is 10.6. The molecule has 0 amide bonds. The average Bonchev–Trinajstić information content (AvgIpc) is 2.97. The Kier molecular flexibility index (Phi) is 5.98. The number of aliphatic hydroxyl groups excluding tert-OH is 1. The lowest BCUT2D eigenvalue weighted by molar-refractivity contribution is -0.115. The molecule has 0 heterocycles. The van der Waals surface area contributed by atoms with Crippen LogP contribution in [0.5, 0.6) is 0 Å². The Bertz CT molecular complexity index is 540. The summed E-state index contributed by atoms with van der Waals surface area (Å²) in [6, 6.07) is 0. The second-order valence-corrected chi connectivity index (χ2v) is 12.6. The second kappa shape index (κ2) is 7.90. The van der Waals surface area contributed by atoms with E-state index in [-0.39, 0.29) is 6.10 Å². The van der Waals surface area contributed by atoms with Crippen molar-refractivity contribution in [2.45, 2.75) is 118 Å². The average molecular weight is 389 g/mol. The third kappa shape index (κ3) is 3.50. The summed E-state index contributed by atoms with van der Waals surface area (Å²) in [5.41, 5.74) is 1.22. The van der Waals surface area contributed by atoms with Crippen LogP contribution in [0.4, 0.5) is 0 Å². The molecule has 2 unspecified atom stereocenters. The second-order valence-electron chi connectivity index (χ2n) is 12.6. The molecule has 0 saturated heterocycles. The van der Waals surface area contributed by atoms with Crippen molar-refractivity contribution >= 4 is 0 Å². The predicted molar refractivity (Wildman–Crippen MR) is 119 cm³/mol. The van der Waals surface area contributed by atoms with Crippen LogP contribution >= 0.6 is 0 Å². The minimum atomic E-state index is -0.0921. The maximum absolute atomic E-state index is 10.6. The molecular weight excluding hydrogens is 340 g/mol. The molecule has 1 heteroatoms. The molecule has 0 radical (unpaired) electrons. The van der Waals surface area contributed by atoms with Gasteiger partial charge < -0.3 is 5.11 Å². The zero-order valence-electron chi connectivity index (χ0n) is 19.6. The summed E-state index contributed by atoms with van der Waals surface area (Å²) in [4.78, 5) is 0. The monoisotopic (exact) mass is 388 g/mol. The first kappa shape index (κ1) is 21.2. The van der Waals surface area contributed by atoms with E-state index in [4.69, 9.17) is 0 Å². The normalized spacial score (nSPS) is 47.9. The van der Waals surface area contributed by atoms with Crippen LogP contribution in [-0.4, -0.2) is 11.2 Å². The standard InChI is InChI=1S/C27H48O/c1-18(2)16-21(28)17-19(3)23-11-12-24-22-10-9-20-8-6-7-14-26(20,4)25(22)13-15-27(23,24)5/h18-25,28H,6-17H2,1-5H3/t19-,20?,21?,22+,23-,24+,25+,26+,27-/m1/s1. The molecule has 0 aromatic carbocycles. The van der Waals surface area contributed by atoms with Crippen LogP contribution in [0.2, 0.25) is 0 Å². The smallest absolute Gasteiger partial charge is 0.0545 e. The van der Waals surface area contributed by atoms with Crippen LogP contribution in [-0.2, 0) is 0 Å². The third-order valence-electron chi connectivity index (χ3n) is 10.7. The fourth-order valence-corrected chi connectivity index (χ4v) is 9.50. The van der Waals surface area contributed by atoms with Crippen molar-refractivity contribution in [1.29, 1.82) is 0 Å². The first-order valence-electron chi connectivity index (χ1n) is 12.9. The van der Waals surface area contributed by atoms with E-state index in [0.29, 0.717) is 22.7 Å². The molecule has 0 bridgehead atoms. The fraction of sp³-hybridized carbons (Fsp3) is 1.00. The minimum Gasteiger partial charge on any atom is -0.393 e. The fourth-order valence-electron chi connectivity index (χ4n) is 9.50. The van der Waals surface area contributed by atoms with Crippen molar-refractivity contribution in [2.24, 2.45) is 52.3 Å². The van der Waals surface area contributed by atoms with Gasteiger partial charge in [0.25, 0.3) is 0 Å². The molecular formula is C27H48O. The van der Waals surface area contributed by atoms with E-state index in [1.165, 1.54) is 64.2 Å². The molecule has 4 aliphatic rings. The van der Waals surface area contributed by atoms with Crippen molar-refractivity contribution in [2.75, 3.05) is 0 Å². The highest BCUT2D eigenvalue weighted by Gasteiger charge is 2.60. The van der Waals surface area contributed by atoms with Gasteiger partial charge in [-0.1, -0.05) is 47.5 Å². The summed E-state index contributed by atoms with van der Waals surface area (Å²) in [7, 11) is 0. The van der Waals surface area contributed by atoms with Crippen molar-refractivity contribution < 1.29 is 5.11 Å². The van der Waals surface area contributed by atoms with E-state index in [2.05, 4.69) is 34.6 Å². The van der Waals surface area contributed by atoms with Crippen LogP contribution in [0.3, 0.4) is 0 Å².